The highest BCUT2D eigenvalue weighted by Gasteiger charge is 2.03. The van der Waals surface area contributed by atoms with Crippen molar-refractivity contribution in [1.29, 1.82) is 0 Å². The molecule has 1 unspecified atom stereocenters. The van der Waals surface area contributed by atoms with E-state index in [-0.39, 0.29) is 0 Å². The number of hydrogen-bond acceptors (Lipinski definition) is 4. The standard InChI is InChI=1S/C21H38N3OP/c1-9-24(13-11-22-8)14-12-23-20(7)18(5)15-19(6)21(17(3)4)16-26(25)10-2/h9,15,22-23,25H,1,10-14H2,2-8H3/b19-15-,20-18+. The predicted octanol–water partition coefficient (Wildman–Crippen LogP) is 4.19. The molecule has 0 aromatic carbocycles. The Balaban J connectivity index is 5.05. The van der Waals surface area contributed by atoms with Gasteiger partial charge in [-0.25, -0.2) is 0 Å². The Labute approximate surface area is 161 Å². The van der Waals surface area contributed by atoms with Gasteiger partial charge in [-0.15, -0.1) is 0 Å². The zero-order valence-electron chi connectivity index (χ0n) is 17.7. The zero-order chi connectivity index (χ0) is 20.1. The van der Waals surface area contributed by atoms with E-state index in [2.05, 4.69) is 68.4 Å². The second-order valence-corrected chi connectivity index (χ2v) is 8.24. The van der Waals surface area contributed by atoms with Gasteiger partial charge in [-0.1, -0.05) is 30.8 Å². The van der Waals surface area contributed by atoms with E-state index >= 15 is 0 Å². The van der Waals surface area contributed by atoms with Gasteiger partial charge >= 0.3 is 0 Å². The smallest absolute Gasteiger partial charge is 0.0346 e. The topological polar surface area (TPSA) is 47.5 Å². The van der Waals surface area contributed by atoms with Crippen molar-refractivity contribution in [3.63, 3.8) is 0 Å². The summed E-state index contributed by atoms with van der Waals surface area (Å²) in [5, 5.41) is 6.65. The normalized spacial score (nSPS) is 12.8. The first-order valence-electron chi connectivity index (χ1n) is 9.28. The van der Waals surface area contributed by atoms with Gasteiger partial charge in [-0.2, -0.15) is 0 Å². The van der Waals surface area contributed by atoms with Crippen LogP contribution in [0.5, 0.6) is 0 Å². The van der Waals surface area contributed by atoms with Crippen molar-refractivity contribution >= 4 is 7.60 Å². The maximum atomic E-state index is 9.97. The highest BCUT2D eigenvalue weighted by atomic mass is 31.1. The Morgan fingerprint density at radius 2 is 1.77 bits per heavy atom. The Kier molecular flexibility index (Phi) is 13.0. The van der Waals surface area contributed by atoms with Crippen LogP contribution in [0.2, 0.25) is 0 Å². The maximum Gasteiger partial charge on any atom is 0.0346 e. The van der Waals surface area contributed by atoms with Crippen LogP contribution in [-0.4, -0.2) is 49.2 Å². The third-order valence-corrected chi connectivity index (χ3v) is 5.24. The molecule has 0 spiro atoms. The lowest BCUT2D eigenvalue weighted by atomic mass is 10.0. The third-order valence-electron chi connectivity index (χ3n) is 4.16. The molecule has 0 radical (unpaired) electrons. The summed E-state index contributed by atoms with van der Waals surface area (Å²) in [6.07, 6.45) is 4.80. The molecule has 0 saturated heterocycles. The minimum atomic E-state index is -1.15. The molecule has 0 aromatic heterocycles. The van der Waals surface area contributed by atoms with Crippen LogP contribution in [-0.2, 0) is 0 Å². The highest BCUT2D eigenvalue weighted by Crippen LogP contribution is 2.22. The number of nitrogens with zero attached hydrogens (tertiary/aromatic N) is 1. The van der Waals surface area contributed by atoms with Crippen molar-refractivity contribution < 1.29 is 4.89 Å². The van der Waals surface area contributed by atoms with Gasteiger partial charge in [0.1, 0.15) is 0 Å². The molecule has 0 heterocycles. The van der Waals surface area contributed by atoms with Crippen LogP contribution in [0.1, 0.15) is 41.5 Å². The van der Waals surface area contributed by atoms with Gasteiger partial charge in [-0.3, -0.25) is 0 Å². The minimum absolute atomic E-state index is 0.738. The van der Waals surface area contributed by atoms with Crippen LogP contribution in [0.25, 0.3) is 0 Å². The Morgan fingerprint density at radius 1 is 1.15 bits per heavy atom. The van der Waals surface area contributed by atoms with Crippen molar-refractivity contribution in [3.8, 4) is 5.63 Å². The first-order valence-corrected chi connectivity index (χ1v) is 10.8. The first kappa shape index (κ1) is 24.6. The summed E-state index contributed by atoms with van der Waals surface area (Å²) in [6.45, 7) is 20.0. The maximum absolute atomic E-state index is 9.97. The molecule has 26 heavy (non-hydrogen) atoms. The zero-order valence-corrected chi connectivity index (χ0v) is 18.6. The van der Waals surface area contributed by atoms with E-state index in [1.165, 1.54) is 11.1 Å². The van der Waals surface area contributed by atoms with Crippen LogP contribution < -0.4 is 10.6 Å². The fourth-order valence-corrected chi connectivity index (χ4v) is 3.20. The average Bonchev–Trinajstić information content (AvgIpc) is 2.61. The number of hydrogen-bond donors (Lipinski definition) is 3. The van der Waals surface area contributed by atoms with Crippen LogP contribution in [0, 0.1) is 5.63 Å². The molecule has 0 aliphatic heterocycles. The largest absolute Gasteiger partial charge is 0.387 e. The molecule has 1 atom stereocenters. The number of allylic oxidation sites excluding steroid dienone is 6. The van der Waals surface area contributed by atoms with Crippen molar-refractivity contribution in [2.45, 2.75) is 41.5 Å². The van der Waals surface area contributed by atoms with E-state index in [4.69, 9.17) is 0 Å². The van der Waals surface area contributed by atoms with Crippen molar-refractivity contribution in [2.24, 2.45) is 0 Å². The molecule has 0 aliphatic carbocycles. The quantitative estimate of drug-likeness (QED) is 0.394. The van der Waals surface area contributed by atoms with Crippen molar-refractivity contribution in [2.75, 3.05) is 39.4 Å². The monoisotopic (exact) mass is 379 g/mol. The molecule has 0 fully saturated rings. The molecule has 3 N–H and O–H groups in total. The molecular formula is C21H38N3OP. The summed E-state index contributed by atoms with van der Waals surface area (Å²) < 4.78 is 0. The van der Waals surface area contributed by atoms with Crippen LogP contribution in [0.4, 0.5) is 0 Å². The highest BCUT2D eigenvalue weighted by molar-refractivity contribution is 7.40. The SMILES string of the molecule is C=CN(CCNC)CCN/C(C)=C(C)/C=C(/C)C(C#P(O)CC)=C(C)C. The van der Waals surface area contributed by atoms with E-state index in [0.717, 1.165) is 49.2 Å². The second kappa shape index (κ2) is 13.7. The van der Waals surface area contributed by atoms with Gasteiger partial charge in [-0.05, 0) is 59.0 Å². The molecular weight excluding hydrogens is 341 g/mol. The van der Waals surface area contributed by atoms with E-state index in [9.17, 15) is 4.89 Å². The molecule has 0 aromatic rings. The second-order valence-electron chi connectivity index (χ2n) is 6.59. The van der Waals surface area contributed by atoms with Gasteiger partial charge in [0.05, 0.1) is 0 Å². The predicted molar refractivity (Wildman–Crippen MR) is 118 cm³/mol. The lowest BCUT2D eigenvalue weighted by Crippen LogP contribution is -2.32. The van der Waals surface area contributed by atoms with Crippen molar-refractivity contribution in [3.05, 3.63) is 46.8 Å². The Morgan fingerprint density at radius 3 is 2.27 bits per heavy atom. The summed E-state index contributed by atoms with van der Waals surface area (Å²) in [6, 6.07) is 0. The van der Waals surface area contributed by atoms with E-state index in [1.54, 1.807) is 0 Å². The molecule has 148 valence electrons. The van der Waals surface area contributed by atoms with Crippen LogP contribution >= 0.6 is 7.60 Å². The van der Waals surface area contributed by atoms with Crippen molar-refractivity contribution in [1.82, 2.24) is 15.5 Å². The summed E-state index contributed by atoms with van der Waals surface area (Å²) in [7, 11) is 0.812. The molecule has 5 heteroatoms. The van der Waals surface area contributed by atoms with Gasteiger partial charge < -0.3 is 20.4 Å². The average molecular weight is 380 g/mol. The minimum Gasteiger partial charge on any atom is -0.387 e. The van der Waals surface area contributed by atoms with E-state index in [1.807, 2.05) is 20.2 Å². The number of likely N-dealkylation sites (N-methyl/N-ethyl adjacent to an activating group) is 1. The van der Waals surface area contributed by atoms with Gasteiger partial charge in [0.15, 0.2) is 0 Å². The summed E-state index contributed by atoms with van der Waals surface area (Å²) in [5.41, 5.74) is 8.98. The number of nitrogens with one attached hydrogen (secondary N) is 2. The molecule has 0 bridgehead atoms. The molecule has 0 rings (SSSR count). The van der Waals surface area contributed by atoms with Gasteiger partial charge in [0, 0.05) is 51.2 Å². The Bertz CT molecular complexity index is 629. The lowest BCUT2D eigenvalue weighted by Gasteiger charge is -2.20. The van der Waals surface area contributed by atoms with E-state index in [0.29, 0.717) is 0 Å². The summed E-state index contributed by atoms with van der Waals surface area (Å²) in [5.74, 6) is 0. The first-order chi connectivity index (χ1) is 12.3. The van der Waals surface area contributed by atoms with Gasteiger partial charge in [0.2, 0.25) is 0 Å². The van der Waals surface area contributed by atoms with E-state index < -0.39 is 7.60 Å². The Hall–Kier alpha value is -1.44. The fraction of sp³-hybridized carbons (Fsp3) is 0.571. The molecule has 0 saturated carbocycles. The lowest BCUT2D eigenvalue weighted by molar-refractivity contribution is 0.376. The fourth-order valence-electron chi connectivity index (χ4n) is 2.38. The molecule has 0 aliphatic rings. The van der Waals surface area contributed by atoms with Crippen LogP contribution in [0.3, 0.4) is 0 Å². The third kappa shape index (κ3) is 9.89. The summed E-state index contributed by atoms with van der Waals surface area (Å²) in [4.78, 5) is 12.2. The molecule has 4 nitrogen and oxygen atoms in total. The summed E-state index contributed by atoms with van der Waals surface area (Å²) >= 11 is 0. The van der Waals surface area contributed by atoms with Gasteiger partial charge in [0.25, 0.3) is 0 Å². The van der Waals surface area contributed by atoms with Crippen LogP contribution in [0.15, 0.2) is 46.8 Å². The molecule has 0 amide bonds. The number of rotatable bonds is 10.